The summed E-state index contributed by atoms with van der Waals surface area (Å²) in [6, 6.07) is 12.4. The van der Waals surface area contributed by atoms with Gasteiger partial charge >= 0.3 is 6.03 Å². The summed E-state index contributed by atoms with van der Waals surface area (Å²) >= 11 is 0. The third kappa shape index (κ3) is 6.45. The second kappa shape index (κ2) is 11.8. The highest BCUT2D eigenvalue weighted by atomic mass is 19.1. The first-order valence-corrected chi connectivity index (χ1v) is 11.5. The van der Waals surface area contributed by atoms with Gasteiger partial charge in [0.25, 0.3) is 0 Å². The van der Waals surface area contributed by atoms with Crippen LogP contribution in [-0.4, -0.2) is 40.5 Å². The molecule has 190 valence electrons. The summed E-state index contributed by atoms with van der Waals surface area (Å²) < 4.78 is 25.9. The molecular weight excluding hydrogens is 479 g/mol. The van der Waals surface area contributed by atoms with Crippen LogP contribution < -0.4 is 25.4 Å². The Hall–Kier alpha value is -4.80. The van der Waals surface area contributed by atoms with Crippen LogP contribution in [0.2, 0.25) is 0 Å². The Kier molecular flexibility index (Phi) is 8.04. The number of amides is 3. The van der Waals surface area contributed by atoms with Gasteiger partial charge in [0.1, 0.15) is 12.1 Å². The van der Waals surface area contributed by atoms with Crippen LogP contribution in [0.4, 0.5) is 20.6 Å². The Bertz CT molecular complexity index is 1420. The molecule has 0 aliphatic carbocycles. The van der Waals surface area contributed by atoms with E-state index in [9.17, 15) is 14.0 Å². The number of rotatable bonds is 9. The van der Waals surface area contributed by atoms with Crippen molar-refractivity contribution >= 4 is 34.2 Å². The Balaban J connectivity index is 1.46. The average Bonchev–Trinajstić information content (AvgIpc) is 2.90. The number of nitrogens with zero attached hydrogens (tertiary/aromatic N) is 3. The van der Waals surface area contributed by atoms with Gasteiger partial charge in [0, 0.05) is 49.1 Å². The molecule has 3 N–H and O–H groups in total. The fourth-order valence-electron chi connectivity index (χ4n) is 3.44. The third-order valence-corrected chi connectivity index (χ3v) is 5.30. The van der Waals surface area contributed by atoms with Crippen LogP contribution in [0, 0.1) is 5.82 Å². The average molecular weight is 505 g/mol. The van der Waals surface area contributed by atoms with Crippen LogP contribution in [-0.2, 0) is 11.2 Å². The SMILES string of the molecule is CCC(=O)Nc1cc2c(Oc3ccc(NC(=O)NCCc4ccccn4)cc3F)ncnc2cc1OC. The van der Waals surface area contributed by atoms with Crippen molar-refractivity contribution in [3.8, 4) is 17.4 Å². The lowest BCUT2D eigenvalue weighted by molar-refractivity contribution is -0.115. The first-order chi connectivity index (χ1) is 18.0. The quantitative estimate of drug-likeness (QED) is 0.302. The Morgan fingerprint density at radius 2 is 1.86 bits per heavy atom. The number of anilines is 2. The molecule has 0 atom stereocenters. The van der Waals surface area contributed by atoms with Crippen LogP contribution in [0.5, 0.6) is 17.4 Å². The van der Waals surface area contributed by atoms with E-state index in [1.165, 1.54) is 25.6 Å². The summed E-state index contributed by atoms with van der Waals surface area (Å²) in [5.74, 6) is -0.501. The molecule has 0 unspecified atom stereocenters. The Morgan fingerprint density at radius 1 is 1.00 bits per heavy atom. The molecule has 0 saturated heterocycles. The molecule has 4 aromatic rings. The van der Waals surface area contributed by atoms with Crippen molar-refractivity contribution in [2.45, 2.75) is 19.8 Å². The van der Waals surface area contributed by atoms with E-state index in [1.807, 2.05) is 18.2 Å². The van der Waals surface area contributed by atoms with Crippen LogP contribution in [0.25, 0.3) is 10.9 Å². The number of pyridine rings is 1. The smallest absolute Gasteiger partial charge is 0.319 e. The molecule has 0 fully saturated rings. The highest BCUT2D eigenvalue weighted by Crippen LogP contribution is 2.35. The molecule has 0 saturated carbocycles. The van der Waals surface area contributed by atoms with E-state index in [0.29, 0.717) is 35.3 Å². The number of ether oxygens (including phenoxy) is 2. The van der Waals surface area contributed by atoms with Gasteiger partial charge in [0.05, 0.1) is 23.7 Å². The van der Waals surface area contributed by atoms with Gasteiger partial charge in [-0.2, -0.15) is 0 Å². The van der Waals surface area contributed by atoms with E-state index < -0.39 is 11.8 Å². The zero-order chi connectivity index (χ0) is 26.2. The number of halogens is 1. The van der Waals surface area contributed by atoms with Crippen molar-refractivity contribution < 1.29 is 23.5 Å². The number of nitrogens with one attached hydrogen (secondary N) is 3. The number of hydrogen-bond acceptors (Lipinski definition) is 7. The van der Waals surface area contributed by atoms with Gasteiger partial charge in [-0.25, -0.2) is 19.2 Å². The summed E-state index contributed by atoms with van der Waals surface area (Å²) in [5.41, 5.74) is 2.00. The molecule has 2 heterocycles. The monoisotopic (exact) mass is 504 g/mol. The lowest BCUT2D eigenvalue weighted by Crippen LogP contribution is -2.30. The number of carbonyl (C=O) groups excluding carboxylic acids is 2. The zero-order valence-corrected chi connectivity index (χ0v) is 20.2. The number of fused-ring (bicyclic) bond motifs is 1. The summed E-state index contributed by atoms with van der Waals surface area (Å²) in [5, 5.41) is 8.50. The normalized spacial score (nSPS) is 10.6. The van der Waals surface area contributed by atoms with E-state index in [2.05, 4.69) is 30.9 Å². The minimum absolute atomic E-state index is 0.0894. The highest BCUT2D eigenvalue weighted by Gasteiger charge is 2.15. The lowest BCUT2D eigenvalue weighted by Gasteiger charge is -2.13. The van der Waals surface area contributed by atoms with Gasteiger partial charge in [0.15, 0.2) is 11.6 Å². The molecule has 2 aromatic heterocycles. The second-order valence-corrected chi connectivity index (χ2v) is 7.85. The van der Waals surface area contributed by atoms with Gasteiger partial charge in [-0.05, 0) is 30.3 Å². The van der Waals surface area contributed by atoms with Crippen LogP contribution in [0.1, 0.15) is 19.0 Å². The number of hydrogen-bond donors (Lipinski definition) is 3. The van der Waals surface area contributed by atoms with Crippen molar-refractivity contribution in [1.82, 2.24) is 20.3 Å². The Labute approximate surface area is 212 Å². The predicted octanol–water partition coefficient (Wildman–Crippen LogP) is 4.68. The maximum absolute atomic E-state index is 14.9. The molecule has 37 heavy (non-hydrogen) atoms. The number of aromatic nitrogens is 3. The first kappa shape index (κ1) is 25.3. The fraction of sp³-hybridized carbons (Fsp3) is 0.192. The molecule has 0 radical (unpaired) electrons. The summed E-state index contributed by atoms with van der Waals surface area (Å²) in [6.45, 7) is 2.10. The number of urea groups is 1. The first-order valence-electron chi connectivity index (χ1n) is 11.5. The van der Waals surface area contributed by atoms with E-state index in [4.69, 9.17) is 9.47 Å². The van der Waals surface area contributed by atoms with Gasteiger partial charge < -0.3 is 25.4 Å². The van der Waals surface area contributed by atoms with E-state index in [0.717, 1.165) is 11.8 Å². The summed E-state index contributed by atoms with van der Waals surface area (Å²) in [7, 11) is 1.48. The molecule has 10 nitrogen and oxygen atoms in total. The van der Waals surface area contributed by atoms with Gasteiger partial charge in [-0.3, -0.25) is 9.78 Å². The lowest BCUT2D eigenvalue weighted by atomic mass is 10.2. The van der Waals surface area contributed by atoms with Crippen molar-refractivity contribution in [3.63, 3.8) is 0 Å². The zero-order valence-electron chi connectivity index (χ0n) is 20.2. The molecule has 3 amide bonds. The van der Waals surface area contributed by atoms with Crippen molar-refractivity contribution in [1.29, 1.82) is 0 Å². The van der Waals surface area contributed by atoms with E-state index >= 15 is 0 Å². The second-order valence-electron chi connectivity index (χ2n) is 7.85. The minimum Gasteiger partial charge on any atom is -0.494 e. The molecule has 0 bridgehead atoms. The van der Waals surface area contributed by atoms with E-state index in [-0.39, 0.29) is 29.6 Å². The van der Waals surface area contributed by atoms with Gasteiger partial charge in [-0.1, -0.05) is 13.0 Å². The molecule has 2 aromatic carbocycles. The fourth-order valence-corrected chi connectivity index (χ4v) is 3.44. The van der Waals surface area contributed by atoms with Crippen LogP contribution >= 0.6 is 0 Å². The summed E-state index contributed by atoms with van der Waals surface area (Å²) in [4.78, 5) is 36.6. The highest BCUT2D eigenvalue weighted by molar-refractivity contribution is 5.97. The van der Waals surface area contributed by atoms with E-state index in [1.54, 1.807) is 25.3 Å². The third-order valence-electron chi connectivity index (χ3n) is 5.30. The minimum atomic E-state index is -0.703. The molecule has 0 spiro atoms. The maximum Gasteiger partial charge on any atom is 0.319 e. The molecule has 0 aliphatic rings. The predicted molar refractivity (Wildman–Crippen MR) is 136 cm³/mol. The van der Waals surface area contributed by atoms with Gasteiger partial charge in [-0.15, -0.1) is 0 Å². The number of benzene rings is 2. The van der Waals surface area contributed by atoms with Gasteiger partial charge in [0.2, 0.25) is 11.8 Å². The molecule has 4 rings (SSSR count). The van der Waals surface area contributed by atoms with Crippen LogP contribution in [0.15, 0.2) is 61.1 Å². The van der Waals surface area contributed by atoms with Crippen LogP contribution in [0.3, 0.4) is 0 Å². The summed E-state index contributed by atoms with van der Waals surface area (Å²) in [6.07, 6.45) is 3.82. The number of carbonyl (C=O) groups is 2. The molecule has 0 aliphatic heterocycles. The topological polar surface area (TPSA) is 127 Å². The standard InChI is InChI=1S/C26H25FN6O4/c1-3-24(34)33-21-13-18-20(14-23(21)36-2)30-15-31-25(18)37-22-8-7-17(12-19(22)27)32-26(35)29-11-9-16-6-4-5-10-28-16/h4-8,10,12-15H,3,9,11H2,1-2H3,(H,33,34)(H2,29,32,35). The van der Waals surface area contributed by atoms with Crippen molar-refractivity contribution in [3.05, 3.63) is 72.6 Å². The largest absolute Gasteiger partial charge is 0.494 e. The maximum atomic E-state index is 14.9. The molecule has 11 heteroatoms. The van der Waals surface area contributed by atoms with Crippen molar-refractivity contribution in [2.75, 3.05) is 24.3 Å². The van der Waals surface area contributed by atoms with Crippen molar-refractivity contribution in [2.24, 2.45) is 0 Å². The molecular formula is C26H25FN6O4. The Morgan fingerprint density at radius 3 is 2.59 bits per heavy atom. The number of methoxy groups -OCH3 is 1.